The number of nitrogens with zero attached hydrogens (tertiary/aromatic N) is 2. The molecule has 2 unspecified atom stereocenters. The third-order valence-corrected chi connectivity index (χ3v) is 9.41. The number of rotatable bonds is 8. The van der Waals surface area contributed by atoms with Gasteiger partial charge in [0.05, 0.1) is 28.0 Å². The van der Waals surface area contributed by atoms with Crippen molar-refractivity contribution in [1.82, 2.24) is 19.9 Å². The van der Waals surface area contributed by atoms with Crippen LogP contribution in [0.2, 0.25) is 0 Å². The topological polar surface area (TPSA) is 139 Å². The summed E-state index contributed by atoms with van der Waals surface area (Å²) in [6.45, 7) is 19.4. The van der Waals surface area contributed by atoms with Gasteiger partial charge in [0.15, 0.2) is 0 Å². The van der Waals surface area contributed by atoms with Crippen LogP contribution in [0.1, 0.15) is 93.1 Å². The quantitative estimate of drug-likeness (QED) is 0.307. The van der Waals surface area contributed by atoms with Gasteiger partial charge in [0.25, 0.3) is 0 Å². The number of ether oxygens (including phenoxy) is 2. The number of piperidine rings is 1. The number of sulfonamides is 1. The van der Waals surface area contributed by atoms with Crippen LogP contribution >= 0.6 is 11.3 Å². The molecule has 1 aliphatic heterocycles. The van der Waals surface area contributed by atoms with E-state index in [2.05, 4.69) is 41.0 Å². The van der Waals surface area contributed by atoms with E-state index in [0.29, 0.717) is 22.7 Å². The van der Waals surface area contributed by atoms with Gasteiger partial charge in [-0.15, -0.1) is 11.3 Å². The average molecular weight is 638 g/mol. The van der Waals surface area contributed by atoms with Crippen LogP contribution in [0.5, 0.6) is 0 Å². The predicted octanol–water partition coefficient (Wildman–Crippen LogP) is 6.28. The van der Waals surface area contributed by atoms with E-state index in [1.54, 1.807) is 52.9 Å². The number of likely N-dealkylation sites (tertiary alicyclic amines) is 1. The van der Waals surface area contributed by atoms with Crippen LogP contribution in [0.15, 0.2) is 29.3 Å². The van der Waals surface area contributed by atoms with Gasteiger partial charge >= 0.3 is 12.2 Å². The van der Waals surface area contributed by atoms with Crippen LogP contribution in [0, 0.1) is 0 Å². The number of carbonyl (C=O) groups excluding carboxylic acids is 2. The lowest BCUT2D eigenvalue weighted by molar-refractivity contribution is 0.0314. The molecule has 2 atom stereocenters. The van der Waals surface area contributed by atoms with E-state index in [4.69, 9.17) is 14.5 Å². The molecular weight excluding hydrogens is 590 g/mol. The smallest absolute Gasteiger partial charge is 0.411 e. The van der Waals surface area contributed by atoms with Crippen molar-refractivity contribution < 1.29 is 27.5 Å². The highest BCUT2D eigenvalue weighted by atomic mass is 32.2. The number of amides is 2. The summed E-state index contributed by atoms with van der Waals surface area (Å²) in [7, 11) is -3.98. The van der Waals surface area contributed by atoms with Crippen LogP contribution in [-0.2, 0) is 19.5 Å². The van der Waals surface area contributed by atoms with Crippen LogP contribution in [0.4, 0.5) is 15.3 Å². The molecule has 0 spiro atoms. The molecule has 2 aromatic rings. The van der Waals surface area contributed by atoms with Crippen molar-refractivity contribution in [3.05, 3.63) is 29.4 Å². The predicted molar refractivity (Wildman–Crippen MR) is 170 cm³/mol. The number of thiazole rings is 1. The largest absolute Gasteiger partial charge is 0.447 e. The third-order valence-electron chi connectivity index (χ3n) is 6.48. The number of hydrogen-bond acceptors (Lipinski definition) is 9. The van der Waals surface area contributed by atoms with Crippen molar-refractivity contribution in [3.63, 3.8) is 0 Å². The maximum Gasteiger partial charge on any atom is 0.411 e. The van der Waals surface area contributed by atoms with Crippen LogP contribution in [-0.4, -0.2) is 66.4 Å². The Morgan fingerprint density at radius 2 is 1.63 bits per heavy atom. The first-order valence-corrected chi connectivity index (χ1v) is 16.9. The van der Waals surface area contributed by atoms with Gasteiger partial charge in [-0.3, -0.25) is 10.2 Å². The second-order valence-corrected chi connectivity index (χ2v) is 16.1. The fraction of sp³-hybridized carbons (Fsp3) is 0.633. The molecule has 0 saturated carbocycles. The maximum atomic E-state index is 13.6. The molecule has 1 aromatic heterocycles. The Morgan fingerprint density at radius 1 is 1.00 bits per heavy atom. The molecule has 0 aliphatic carbocycles. The van der Waals surface area contributed by atoms with Gasteiger partial charge in [0.1, 0.15) is 5.01 Å². The summed E-state index contributed by atoms with van der Waals surface area (Å²) in [4.78, 5) is 32.3. The summed E-state index contributed by atoms with van der Waals surface area (Å²) in [5.41, 5.74) is -0.162. The zero-order valence-corrected chi connectivity index (χ0v) is 28.5. The number of aromatic nitrogens is 1. The minimum atomic E-state index is -3.98. The molecule has 1 aliphatic rings. The molecule has 13 heteroatoms. The standard InChI is InChI=1S/C30H47N5O6S2/c1-18(2)40-27(36)32-20-11-13-22(25(15-20)43(38,39)34-29(5,6)7)24-16-31-26(42-24)23-14-12-21(17-35(23)30(8,9)10)33-28(37)41-19(3)4/h11,13,15-16,18-19,21,23,34H,12,14,17H2,1-10H3,(H,32,36)(H,33,37). The molecule has 0 bridgehead atoms. The Kier molecular flexibility index (Phi) is 10.9. The van der Waals surface area contributed by atoms with E-state index < -0.39 is 27.7 Å². The van der Waals surface area contributed by atoms with Crippen molar-refractivity contribution in [2.45, 2.75) is 122 Å². The van der Waals surface area contributed by atoms with Gasteiger partial charge in [-0.25, -0.2) is 27.7 Å². The van der Waals surface area contributed by atoms with Crippen molar-refractivity contribution in [2.75, 3.05) is 11.9 Å². The second kappa shape index (κ2) is 13.5. The summed E-state index contributed by atoms with van der Waals surface area (Å²) < 4.78 is 40.4. The van der Waals surface area contributed by atoms with Crippen molar-refractivity contribution >= 4 is 39.2 Å². The van der Waals surface area contributed by atoms with Gasteiger partial charge in [-0.2, -0.15) is 0 Å². The first-order valence-electron chi connectivity index (χ1n) is 14.6. The molecule has 2 heterocycles. The Balaban J connectivity index is 1.96. The number of anilines is 1. The molecule has 1 fully saturated rings. The fourth-order valence-corrected chi connectivity index (χ4v) is 7.75. The number of benzene rings is 1. The van der Waals surface area contributed by atoms with E-state index in [-0.39, 0.29) is 34.7 Å². The molecule has 1 saturated heterocycles. The molecule has 0 radical (unpaired) electrons. The molecule has 3 rings (SSSR count). The van der Waals surface area contributed by atoms with Crippen LogP contribution in [0.25, 0.3) is 10.4 Å². The van der Waals surface area contributed by atoms with E-state index in [1.165, 1.54) is 17.4 Å². The highest BCUT2D eigenvalue weighted by molar-refractivity contribution is 7.89. The lowest BCUT2D eigenvalue weighted by Crippen LogP contribution is -2.55. The molecular formula is C30H47N5O6S2. The molecule has 43 heavy (non-hydrogen) atoms. The number of nitrogens with one attached hydrogen (secondary N) is 3. The van der Waals surface area contributed by atoms with E-state index >= 15 is 0 Å². The maximum absolute atomic E-state index is 13.6. The summed E-state index contributed by atoms with van der Waals surface area (Å²) in [6.07, 6.45) is 1.60. The average Bonchev–Trinajstić information content (AvgIpc) is 3.31. The lowest BCUT2D eigenvalue weighted by atomic mass is 9.92. The fourth-order valence-electron chi connectivity index (χ4n) is 4.91. The molecule has 3 N–H and O–H groups in total. The summed E-state index contributed by atoms with van der Waals surface area (Å²) in [5.74, 6) is 0. The highest BCUT2D eigenvalue weighted by Gasteiger charge is 2.38. The zero-order chi connectivity index (χ0) is 32.3. The third kappa shape index (κ3) is 9.88. The first kappa shape index (κ1) is 34.7. The summed E-state index contributed by atoms with van der Waals surface area (Å²) >= 11 is 1.44. The van der Waals surface area contributed by atoms with Gasteiger partial charge in [0, 0.05) is 41.1 Å². The van der Waals surface area contributed by atoms with Crippen LogP contribution < -0.4 is 15.4 Å². The second-order valence-electron chi connectivity index (χ2n) is 13.4. The first-order chi connectivity index (χ1) is 19.7. The minimum Gasteiger partial charge on any atom is -0.447 e. The Bertz CT molecular complexity index is 1390. The minimum absolute atomic E-state index is 0.0163. The Morgan fingerprint density at radius 3 is 2.21 bits per heavy atom. The van der Waals surface area contributed by atoms with Crippen molar-refractivity contribution in [3.8, 4) is 10.4 Å². The molecule has 1 aromatic carbocycles. The Hall–Kier alpha value is -2.74. The lowest BCUT2D eigenvalue weighted by Gasteiger charge is -2.46. The summed E-state index contributed by atoms with van der Waals surface area (Å²) in [5, 5.41) is 6.48. The normalized spacial score (nSPS) is 18.5. The van der Waals surface area contributed by atoms with Crippen LogP contribution in [0.3, 0.4) is 0 Å². The van der Waals surface area contributed by atoms with Gasteiger partial charge < -0.3 is 14.8 Å². The number of hydrogen-bond donors (Lipinski definition) is 3. The van der Waals surface area contributed by atoms with Crippen molar-refractivity contribution in [2.24, 2.45) is 0 Å². The SMILES string of the molecule is CC(C)OC(=O)Nc1ccc(-c2cnc(C3CCC(NC(=O)OC(C)C)CN3C(C)(C)C)s2)c(S(=O)(=O)NC(C)(C)C)c1. The van der Waals surface area contributed by atoms with Gasteiger partial charge in [-0.1, -0.05) is 6.07 Å². The van der Waals surface area contributed by atoms with Gasteiger partial charge in [-0.05, 0) is 94.2 Å². The summed E-state index contributed by atoms with van der Waals surface area (Å²) in [6, 6.07) is 4.70. The molecule has 11 nitrogen and oxygen atoms in total. The molecule has 2 amide bonds. The zero-order valence-electron chi connectivity index (χ0n) is 26.9. The van der Waals surface area contributed by atoms with Crippen molar-refractivity contribution in [1.29, 1.82) is 0 Å². The van der Waals surface area contributed by atoms with Gasteiger partial charge in [0.2, 0.25) is 10.0 Å². The number of alkyl carbamates (subject to hydrolysis) is 1. The van der Waals surface area contributed by atoms with E-state index in [1.807, 2.05) is 13.8 Å². The Labute approximate surface area is 260 Å². The number of carbonyl (C=O) groups is 2. The highest BCUT2D eigenvalue weighted by Crippen LogP contribution is 2.41. The monoisotopic (exact) mass is 637 g/mol. The molecule has 240 valence electrons. The van der Waals surface area contributed by atoms with E-state index in [0.717, 1.165) is 17.8 Å². The van der Waals surface area contributed by atoms with E-state index in [9.17, 15) is 18.0 Å².